The van der Waals surface area contributed by atoms with Gasteiger partial charge < -0.3 is 20.1 Å². The number of ether oxygens (including phenoxy) is 1. The Hall–Kier alpha value is -0.160. The molecule has 1 fully saturated rings. The van der Waals surface area contributed by atoms with Gasteiger partial charge >= 0.3 is 0 Å². The maximum absolute atomic E-state index is 9.45. The summed E-state index contributed by atoms with van der Waals surface area (Å²) in [6.45, 7) is 9.23. The number of hydrogen-bond acceptors (Lipinski definition) is 4. The van der Waals surface area contributed by atoms with Crippen LogP contribution in [0.1, 0.15) is 33.1 Å². The third-order valence-corrected chi connectivity index (χ3v) is 3.82. The van der Waals surface area contributed by atoms with Gasteiger partial charge in [0.05, 0.1) is 13.2 Å². The van der Waals surface area contributed by atoms with Crippen LogP contribution in [0.5, 0.6) is 0 Å². The van der Waals surface area contributed by atoms with Gasteiger partial charge in [0, 0.05) is 18.7 Å². The molecule has 0 aromatic rings. The average Bonchev–Trinajstić information content (AvgIpc) is 2.38. The fourth-order valence-corrected chi connectivity index (χ4v) is 2.57. The second-order valence-electron chi connectivity index (χ2n) is 5.84. The smallest absolute Gasteiger partial charge is 0.0611 e. The van der Waals surface area contributed by atoms with Crippen LogP contribution < -0.4 is 5.32 Å². The molecule has 0 aliphatic carbocycles. The van der Waals surface area contributed by atoms with Crippen molar-refractivity contribution in [2.45, 2.75) is 38.6 Å². The topological polar surface area (TPSA) is 44.7 Å². The molecule has 108 valence electrons. The maximum atomic E-state index is 9.45. The number of likely N-dealkylation sites (N-methyl/N-ethyl adjacent to an activating group) is 1. The third kappa shape index (κ3) is 5.65. The van der Waals surface area contributed by atoms with E-state index < -0.39 is 0 Å². The lowest BCUT2D eigenvalue weighted by Gasteiger charge is -2.32. The Labute approximate surface area is 112 Å². The van der Waals surface area contributed by atoms with Crippen molar-refractivity contribution < 1.29 is 9.84 Å². The van der Waals surface area contributed by atoms with Crippen LogP contribution in [0.15, 0.2) is 0 Å². The first-order valence-corrected chi connectivity index (χ1v) is 7.22. The van der Waals surface area contributed by atoms with E-state index in [4.69, 9.17) is 4.74 Å². The van der Waals surface area contributed by atoms with E-state index in [-0.39, 0.29) is 12.1 Å². The van der Waals surface area contributed by atoms with Gasteiger partial charge in [0.2, 0.25) is 0 Å². The van der Waals surface area contributed by atoms with E-state index in [2.05, 4.69) is 31.1 Å². The van der Waals surface area contributed by atoms with E-state index in [1.54, 1.807) is 0 Å². The number of nitrogens with zero attached hydrogens (tertiary/aromatic N) is 1. The van der Waals surface area contributed by atoms with Crippen LogP contribution in [0.4, 0.5) is 0 Å². The number of aliphatic hydroxyl groups excluding tert-OH is 1. The number of hydrogen-bond donors (Lipinski definition) is 2. The standard InChI is InChI=1S/C14H30N2O2/c1-4-15-14(2,12-17)7-8-16(3)10-13-6-5-9-18-11-13/h13,15,17H,4-12H2,1-3H3. The van der Waals surface area contributed by atoms with E-state index >= 15 is 0 Å². The molecule has 0 aromatic carbocycles. The molecule has 2 atom stereocenters. The molecule has 0 aromatic heterocycles. The minimum absolute atomic E-state index is 0.147. The van der Waals surface area contributed by atoms with Crippen LogP contribution in [0.2, 0.25) is 0 Å². The molecular formula is C14H30N2O2. The van der Waals surface area contributed by atoms with Gasteiger partial charge in [0.1, 0.15) is 0 Å². The molecule has 1 saturated heterocycles. The highest BCUT2D eigenvalue weighted by molar-refractivity contribution is 4.83. The van der Waals surface area contributed by atoms with E-state index in [0.717, 1.165) is 39.3 Å². The van der Waals surface area contributed by atoms with E-state index in [9.17, 15) is 5.11 Å². The Morgan fingerprint density at radius 1 is 1.50 bits per heavy atom. The molecule has 0 spiro atoms. The minimum Gasteiger partial charge on any atom is -0.394 e. The van der Waals surface area contributed by atoms with Gasteiger partial charge in [0.15, 0.2) is 0 Å². The van der Waals surface area contributed by atoms with Crippen LogP contribution in [0.25, 0.3) is 0 Å². The lowest BCUT2D eigenvalue weighted by molar-refractivity contribution is 0.0402. The summed E-state index contributed by atoms with van der Waals surface area (Å²) in [5, 5.41) is 12.8. The normalized spacial score (nSPS) is 24.2. The zero-order chi connectivity index (χ0) is 13.4. The molecule has 0 radical (unpaired) electrons. The Bertz CT molecular complexity index is 220. The Morgan fingerprint density at radius 2 is 2.28 bits per heavy atom. The quantitative estimate of drug-likeness (QED) is 0.684. The molecule has 1 aliphatic heterocycles. The van der Waals surface area contributed by atoms with E-state index in [0.29, 0.717) is 5.92 Å². The summed E-state index contributed by atoms with van der Waals surface area (Å²) < 4.78 is 5.51. The second kappa shape index (κ2) is 8.10. The zero-order valence-corrected chi connectivity index (χ0v) is 12.2. The predicted octanol–water partition coefficient (Wildman–Crippen LogP) is 1.10. The Morgan fingerprint density at radius 3 is 2.83 bits per heavy atom. The van der Waals surface area contributed by atoms with Gasteiger partial charge in [-0.1, -0.05) is 6.92 Å². The Kier molecular flexibility index (Phi) is 7.15. The molecule has 18 heavy (non-hydrogen) atoms. The van der Waals surface area contributed by atoms with Gasteiger partial charge in [-0.15, -0.1) is 0 Å². The maximum Gasteiger partial charge on any atom is 0.0611 e. The van der Waals surface area contributed by atoms with Crippen molar-refractivity contribution in [1.82, 2.24) is 10.2 Å². The monoisotopic (exact) mass is 258 g/mol. The summed E-state index contributed by atoms with van der Waals surface area (Å²) in [5.74, 6) is 0.684. The molecule has 4 heteroatoms. The van der Waals surface area contributed by atoms with Crippen molar-refractivity contribution in [2.75, 3.05) is 46.5 Å². The van der Waals surface area contributed by atoms with Gasteiger partial charge in [-0.2, -0.15) is 0 Å². The Balaban J connectivity index is 2.24. The first-order valence-electron chi connectivity index (χ1n) is 7.22. The van der Waals surface area contributed by atoms with Gasteiger partial charge in [-0.3, -0.25) is 0 Å². The molecule has 1 rings (SSSR count). The highest BCUT2D eigenvalue weighted by Crippen LogP contribution is 2.15. The molecule has 2 N–H and O–H groups in total. The zero-order valence-electron chi connectivity index (χ0n) is 12.2. The summed E-state index contributed by atoms with van der Waals surface area (Å²) in [7, 11) is 2.17. The molecule has 1 heterocycles. The van der Waals surface area contributed by atoms with Gasteiger partial charge in [0.25, 0.3) is 0 Å². The third-order valence-electron chi connectivity index (χ3n) is 3.82. The van der Waals surface area contributed by atoms with Crippen molar-refractivity contribution in [1.29, 1.82) is 0 Å². The van der Waals surface area contributed by atoms with E-state index in [1.165, 1.54) is 12.8 Å². The van der Waals surface area contributed by atoms with Crippen LogP contribution >= 0.6 is 0 Å². The summed E-state index contributed by atoms with van der Waals surface area (Å²) in [5.41, 5.74) is -0.147. The first kappa shape index (κ1) is 15.9. The molecule has 0 bridgehead atoms. The van der Waals surface area contributed by atoms with Crippen LogP contribution in [0, 0.1) is 5.92 Å². The largest absolute Gasteiger partial charge is 0.394 e. The fraction of sp³-hybridized carbons (Fsp3) is 1.00. The van der Waals surface area contributed by atoms with Crippen LogP contribution in [-0.2, 0) is 4.74 Å². The van der Waals surface area contributed by atoms with E-state index in [1.807, 2.05) is 0 Å². The summed E-state index contributed by atoms with van der Waals surface area (Å²) >= 11 is 0. The number of nitrogens with one attached hydrogen (secondary N) is 1. The van der Waals surface area contributed by atoms with Crippen molar-refractivity contribution in [2.24, 2.45) is 5.92 Å². The molecule has 0 amide bonds. The first-order chi connectivity index (χ1) is 8.59. The molecule has 2 unspecified atom stereocenters. The molecule has 0 saturated carbocycles. The van der Waals surface area contributed by atoms with Crippen molar-refractivity contribution in [3.8, 4) is 0 Å². The predicted molar refractivity (Wildman–Crippen MR) is 74.8 cm³/mol. The van der Waals surface area contributed by atoms with Crippen LogP contribution in [-0.4, -0.2) is 62.0 Å². The minimum atomic E-state index is -0.147. The van der Waals surface area contributed by atoms with Crippen molar-refractivity contribution >= 4 is 0 Å². The molecule has 4 nitrogen and oxygen atoms in total. The lowest BCUT2D eigenvalue weighted by atomic mass is 9.97. The number of rotatable bonds is 8. The molecular weight excluding hydrogens is 228 g/mol. The summed E-state index contributed by atoms with van der Waals surface area (Å²) in [4.78, 5) is 2.37. The number of aliphatic hydroxyl groups is 1. The van der Waals surface area contributed by atoms with Gasteiger partial charge in [-0.25, -0.2) is 0 Å². The second-order valence-corrected chi connectivity index (χ2v) is 5.84. The summed E-state index contributed by atoms with van der Waals surface area (Å²) in [6, 6.07) is 0. The van der Waals surface area contributed by atoms with Crippen molar-refractivity contribution in [3.63, 3.8) is 0 Å². The molecule has 1 aliphatic rings. The summed E-state index contributed by atoms with van der Waals surface area (Å²) in [6.07, 6.45) is 3.46. The van der Waals surface area contributed by atoms with Crippen molar-refractivity contribution in [3.05, 3.63) is 0 Å². The lowest BCUT2D eigenvalue weighted by Crippen LogP contribution is -2.48. The highest BCUT2D eigenvalue weighted by atomic mass is 16.5. The SMILES string of the molecule is CCNC(C)(CO)CCN(C)CC1CCCOC1. The highest BCUT2D eigenvalue weighted by Gasteiger charge is 2.23. The van der Waals surface area contributed by atoms with Gasteiger partial charge in [-0.05, 0) is 52.2 Å². The van der Waals surface area contributed by atoms with Crippen LogP contribution in [0.3, 0.4) is 0 Å². The fourth-order valence-electron chi connectivity index (χ4n) is 2.57. The average molecular weight is 258 g/mol.